The number of anilines is 2. The molecule has 1 aromatic heterocycles. The van der Waals surface area contributed by atoms with Gasteiger partial charge in [0, 0.05) is 61.4 Å². The molecule has 315 valence electrons. The van der Waals surface area contributed by atoms with E-state index in [1.807, 2.05) is 12.1 Å². The second-order valence-corrected chi connectivity index (χ2v) is 16.3. The molecule has 10 aromatic rings. The fourth-order valence-electron chi connectivity index (χ4n) is 8.75. The minimum atomic E-state index is -0.459. The van der Waals surface area contributed by atoms with Crippen LogP contribution in [0.25, 0.3) is 66.3 Å². The Labute approximate surface area is 391 Å². The second kappa shape index (κ2) is 18.6. The predicted molar refractivity (Wildman–Crippen MR) is 266 cm³/mol. The van der Waals surface area contributed by atoms with Crippen molar-refractivity contribution in [1.29, 1.82) is 0 Å². The number of aromatic nitrogens is 1. The van der Waals surface area contributed by atoms with Crippen molar-refractivity contribution in [3.05, 3.63) is 249 Å². The summed E-state index contributed by atoms with van der Waals surface area (Å²) in [5.41, 5.74) is 14.1. The minimum absolute atomic E-state index is 0. The summed E-state index contributed by atoms with van der Waals surface area (Å²) in [5, 5.41) is 10.2. The van der Waals surface area contributed by atoms with E-state index in [1.165, 1.54) is 16.3 Å². The number of hydrogen-bond donors (Lipinski definition) is 0. The Hall–Kier alpha value is -7.21. The van der Waals surface area contributed by atoms with Crippen LogP contribution in [0.1, 0.15) is 19.4 Å². The van der Waals surface area contributed by atoms with Gasteiger partial charge in [0.1, 0.15) is 5.84 Å². The number of para-hydroxylation sites is 4. The standard InChI is InChI=1S/C47H38N3.C12H8N.Au/c1-47(2,39-28-16-7-17-29-39)46-48-50(45-42(37-24-12-5-13-25-37)32-19-33-43(45)38-26-14-6-15-27-38)34-49(46)44-40(35-20-8-3-9-21-35)30-18-31-41(44)36-22-10-4-11-23-36;1-3-7-11-9(5-1)10-6-2-4-8-12(10)13-11;/h3-34H,1-2H3;1-8H;/q2*-1;. The van der Waals surface area contributed by atoms with Crippen molar-refractivity contribution in [1.82, 2.24) is 4.98 Å². The van der Waals surface area contributed by atoms with Crippen molar-refractivity contribution in [2.24, 2.45) is 5.10 Å². The predicted octanol–water partition coefficient (Wildman–Crippen LogP) is 15.0. The van der Waals surface area contributed by atoms with Gasteiger partial charge in [0.05, 0.1) is 0 Å². The van der Waals surface area contributed by atoms with E-state index < -0.39 is 5.41 Å². The Morgan fingerprint density at radius 3 is 1.14 bits per heavy atom. The van der Waals surface area contributed by atoms with Crippen LogP contribution in [0.5, 0.6) is 0 Å². The number of fused-ring (bicyclic) bond motifs is 3. The van der Waals surface area contributed by atoms with Crippen LogP contribution in [0.15, 0.2) is 242 Å². The zero-order valence-electron chi connectivity index (χ0n) is 35.7. The molecule has 0 N–H and O–H groups in total. The van der Waals surface area contributed by atoms with Crippen LogP contribution in [0, 0.1) is 6.67 Å². The molecule has 1 aliphatic rings. The van der Waals surface area contributed by atoms with Gasteiger partial charge in [-0.2, -0.15) is 5.10 Å². The Bertz CT molecular complexity index is 3000. The molecule has 0 bridgehead atoms. The maximum atomic E-state index is 5.63. The van der Waals surface area contributed by atoms with E-state index in [-0.39, 0.29) is 22.4 Å². The monoisotopic (exact) mass is 1010 g/mol. The SMILES string of the molecule is CC(C)(C1=NN(c2c(-c3ccccc3)cccc2-c2ccccc2)[CH-]N1c1c(-c2ccccc2)cccc1-c1ccccc1)c1ccccc1.[Au].c1ccc2c(c1)[n-]c1ccccc12. The molecule has 0 spiro atoms. The largest absolute Gasteiger partial charge is 0.657 e. The Balaban J connectivity index is 0.000000314. The first kappa shape index (κ1) is 42.1. The van der Waals surface area contributed by atoms with Crippen LogP contribution in [0.2, 0.25) is 0 Å². The van der Waals surface area contributed by atoms with E-state index in [4.69, 9.17) is 5.10 Å². The van der Waals surface area contributed by atoms with Gasteiger partial charge < -0.3 is 14.9 Å². The van der Waals surface area contributed by atoms with Crippen molar-refractivity contribution >= 4 is 39.0 Å². The van der Waals surface area contributed by atoms with Gasteiger partial charge in [-0.05, 0) is 52.4 Å². The second-order valence-electron chi connectivity index (χ2n) is 16.3. The molecule has 5 heteroatoms. The summed E-state index contributed by atoms with van der Waals surface area (Å²) in [6.45, 7) is 6.75. The Morgan fingerprint density at radius 2 is 0.734 bits per heavy atom. The number of hydrazone groups is 1. The molecular formula is C59H46AuN4-2. The van der Waals surface area contributed by atoms with Gasteiger partial charge in [-0.3, -0.25) is 0 Å². The third kappa shape index (κ3) is 8.23. The van der Waals surface area contributed by atoms with E-state index in [9.17, 15) is 0 Å². The first-order chi connectivity index (χ1) is 31.0. The first-order valence-electron chi connectivity index (χ1n) is 21.5. The minimum Gasteiger partial charge on any atom is -0.657 e. The molecule has 0 saturated heterocycles. The fraction of sp³-hybridized carbons (Fsp3) is 0.0508. The van der Waals surface area contributed by atoms with E-state index in [1.54, 1.807) is 0 Å². The van der Waals surface area contributed by atoms with Crippen LogP contribution >= 0.6 is 0 Å². The molecule has 2 heterocycles. The summed E-state index contributed by atoms with van der Waals surface area (Å²) in [4.78, 5) is 6.86. The van der Waals surface area contributed by atoms with Gasteiger partial charge in [-0.25, -0.2) is 0 Å². The third-order valence-corrected chi connectivity index (χ3v) is 11.9. The summed E-state index contributed by atoms with van der Waals surface area (Å²) in [5.74, 6) is 0.936. The number of benzene rings is 9. The van der Waals surface area contributed by atoms with Gasteiger partial charge in [-0.15, -0.1) is 17.7 Å². The average Bonchev–Trinajstić information content (AvgIpc) is 3.98. The van der Waals surface area contributed by atoms with Gasteiger partial charge in [0.15, 0.2) is 0 Å². The van der Waals surface area contributed by atoms with Crippen LogP contribution in [-0.4, -0.2) is 5.84 Å². The normalized spacial score (nSPS) is 12.4. The number of hydrogen-bond acceptors (Lipinski definition) is 3. The first-order valence-corrected chi connectivity index (χ1v) is 21.5. The number of amidine groups is 1. The Morgan fingerprint density at radius 1 is 0.391 bits per heavy atom. The number of nitrogens with zero attached hydrogens (tertiary/aromatic N) is 4. The molecule has 0 amide bonds. The van der Waals surface area contributed by atoms with Crippen LogP contribution in [0.3, 0.4) is 0 Å². The topological polar surface area (TPSA) is 32.9 Å². The summed E-state index contributed by atoms with van der Waals surface area (Å²) < 4.78 is 0. The van der Waals surface area contributed by atoms with E-state index in [0.717, 1.165) is 72.8 Å². The number of rotatable bonds is 8. The molecule has 0 saturated carbocycles. The molecule has 4 nitrogen and oxygen atoms in total. The van der Waals surface area contributed by atoms with Crippen molar-refractivity contribution in [2.75, 3.05) is 9.91 Å². The molecule has 0 fully saturated rings. The summed E-state index contributed by atoms with van der Waals surface area (Å²) in [6, 6.07) is 83.0. The van der Waals surface area contributed by atoms with Gasteiger partial charge >= 0.3 is 0 Å². The van der Waals surface area contributed by atoms with Crippen molar-refractivity contribution < 1.29 is 22.4 Å². The molecular weight excluding hydrogens is 962 g/mol. The van der Waals surface area contributed by atoms with Crippen LogP contribution < -0.4 is 14.9 Å². The van der Waals surface area contributed by atoms with Crippen LogP contribution in [0.4, 0.5) is 11.4 Å². The zero-order chi connectivity index (χ0) is 42.6. The van der Waals surface area contributed by atoms with Gasteiger partial charge in [-0.1, -0.05) is 237 Å². The van der Waals surface area contributed by atoms with Crippen molar-refractivity contribution in [2.45, 2.75) is 19.3 Å². The summed E-state index contributed by atoms with van der Waals surface area (Å²) in [7, 11) is 0. The van der Waals surface area contributed by atoms with E-state index in [0.29, 0.717) is 0 Å². The third-order valence-electron chi connectivity index (χ3n) is 11.9. The van der Waals surface area contributed by atoms with E-state index >= 15 is 0 Å². The van der Waals surface area contributed by atoms with Crippen molar-refractivity contribution in [3.63, 3.8) is 0 Å². The summed E-state index contributed by atoms with van der Waals surface area (Å²) >= 11 is 0. The molecule has 0 unspecified atom stereocenters. The molecule has 0 aliphatic carbocycles. The maximum absolute atomic E-state index is 5.63. The molecule has 0 atom stereocenters. The Kier molecular flexibility index (Phi) is 12.3. The van der Waals surface area contributed by atoms with Gasteiger partial charge in [0.2, 0.25) is 0 Å². The molecule has 64 heavy (non-hydrogen) atoms. The molecule has 11 rings (SSSR count). The van der Waals surface area contributed by atoms with E-state index in [2.05, 4.69) is 260 Å². The maximum Gasteiger partial charge on any atom is 0.109 e. The fourth-order valence-corrected chi connectivity index (χ4v) is 8.75. The summed E-state index contributed by atoms with van der Waals surface area (Å²) in [6.07, 6.45) is 0. The molecule has 1 aliphatic heterocycles. The molecule has 1 radical (unpaired) electrons. The quantitative estimate of drug-likeness (QED) is 0.112. The van der Waals surface area contributed by atoms with Gasteiger partial charge in [0.25, 0.3) is 0 Å². The smallest absolute Gasteiger partial charge is 0.109 e. The zero-order valence-corrected chi connectivity index (χ0v) is 37.9. The molecule has 9 aromatic carbocycles. The average molecular weight is 1010 g/mol. The van der Waals surface area contributed by atoms with Crippen LogP contribution in [-0.2, 0) is 27.8 Å². The van der Waals surface area contributed by atoms with Crippen molar-refractivity contribution in [3.8, 4) is 44.5 Å².